The number of amides is 2. The predicted octanol–water partition coefficient (Wildman–Crippen LogP) is 2.26. The number of fused-ring (bicyclic) bond motifs is 3. The Morgan fingerprint density at radius 1 is 1.10 bits per heavy atom. The standard InChI is InChI=1S/C16H17N3O3.C7H6O2/c1-18(10-20)7-6-15(21)19-8-12-14(9-19)17-13-5-3-2-4-11(13)16(12)22;1-2-4-7-6(3-1)8-5-9-7/h2-5,10H,6-9H2,1H3,(H,17,22);1-4H,5H2. The van der Waals surface area contributed by atoms with E-state index in [0.717, 1.165) is 22.7 Å². The maximum Gasteiger partial charge on any atom is 0.231 e. The van der Waals surface area contributed by atoms with E-state index in [1.54, 1.807) is 18.0 Å². The number of benzene rings is 2. The Morgan fingerprint density at radius 3 is 2.48 bits per heavy atom. The molecule has 0 bridgehead atoms. The first-order valence-electron chi connectivity index (χ1n) is 9.97. The molecule has 0 atom stereocenters. The van der Waals surface area contributed by atoms with E-state index in [9.17, 15) is 14.4 Å². The molecular formula is C23H23N3O5. The van der Waals surface area contributed by atoms with Crippen LogP contribution in [-0.2, 0) is 22.7 Å². The van der Waals surface area contributed by atoms with Gasteiger partial charge in [-0.1, -0.05) is 24.3 Å². The van der Waals surface area contributed by atoms with Crippen LogP contribution in [0.4, 0.5) is 0 Å². The van der Waals surface area contributed by atoms with Crippen LogP contribution in [0.25, 0.3) is 10.9 Å². The normalized spacial score (nSPS) is 13.4. The minimum Gasteiger partial charge on any atom is -0.454 e. The first-order chi connectivity index (χ1) is 15.1. The van der Waals surface area contributed by atoms with Gasteiger partial charge >= 0.3 is 0 Å². The van der Waals surface area contributed by atoms with Crippen molar-refractivity contribution in [2.24, 2.45) is 0 Å². The molecule has 0 saturated heterocycles. The number of carbonyl (C=O) groups excluding carboxylic acids is 2. The van der Waals surface area contributed by atoms with Gasteiger partial charge in [-0.25, -0.2) is 0 Å². The molecule has 8 heteroatoms. The maximum atomic E-state index is 12.5. The summed E-state index contributed by atoms with van der Waals surface area (Å²) in [5.74, 6) is 1.64. The van der Waals surface area contributed by atoms with E-state index in [0.29, 0.717) is 43.8 Å². The lowest BCUT2D eigenvalue weighted by molar-refractivity contribution is -0.132. The first-order valence-corrected chi connectivity index (χ1v) is 9.97. The number of hydrogen-bond donors (Lipinski definition) is 1. The van der Waals surface area contributed by atoms with Crippen molar-refractivity contribution in [3.63, 3.8) is 0 Å². The van der Waals surface area contributed by atoms with Gasteiger partial charge in [-0.15, -0.1) is 0 Å². The van der Waals surface area contributed by atoms with Crippen LogP contribution in [0.1, 0.15) is 17.7 Å². The summed E-state index contributed by atoms with van der Waals surface area (Å²) < 4.78 is 10.2. The second kappa shape index (κ2) is 8.91. The van der Waals surface area contributed by atoms with Crippen molar-refractivity contribution in [2.75, 3.05) is 20.4 Å². The van der Waals surface area contributed by atoms with Crippen molar-refractivity contribution in [1.29, 1.82) is 0 Å². The van der Waals surface area contributed by atoms with Gasteiger partial charge in [0.2, 0.25) is 19.1 Å². The van der Waals surface area contributed by atoms with Gasteiger partial charge < -0.3 is 24.3 Å². The highest BCUT2D eigenvalue weighted by Gasteiger charge is 2.26. The predicted molar refractivity (Wildman–Crippen MR) is 115 cm³/mol. The molecule has 2 aliphatic heterocycles. The number of pyridine rings is 1. The summed E-state index contributed by atoms with van der Waals surface area (Å²) in [5.41, 5.74) is 2.25. The molecule has 2 amide bonds. The highest BCUT2D eigenvalue weighted by Crippen LogP contribution is 2.30. The quantitative estimate of drug-likeness (QED) is 0.653. The largest absolute Gasteiger partial charge is 0.454 e. The third-order valence-corrected chi connectivity index (χ3v) is 5.28. The molecule has 0 aliphatic carbocycles. The summed E-state index contributed by atoms with van der Waals surface area (Å²) in [7, 11) is 1.63. The van der Waals surface area contributed by atoms with E-state index in [4.69, 9.17) is 9.47 Å². The first kappa shape index (κ1) is 20.5. The molecule has 3 heterocycles. The Morgan fingerprint density at radius 2 is 1.77 bits per heavy atom. The van der Waals surface area contributed by atoms with Crippen LogP contribution < -0.4 is 14.9 Å². The van der Waals surface area contributed by atoms with Crippen molar-refractivity contribution in [2.45, 2.75) is 19.5 Å². The van der Waals surface area contributed by atoms with Crippen LogP contribution in [0.2, 0.25) is 0 Å². The zero-order valence-corrected chi connectivity index (χ0v) is 17.2. The molecule has 0 unspecified atom stereocenters. The lowest BCUT2D eigenvalue weighted by Gasteiger charge is -2.16. The molecular weight excluding hydrogens is 398 g/mol. The number of nitrogens with zero attached hydrogens (tertiary/aromatic N) is 2. The molecule has 3 aromatic rings. The van der Waals surface area contributed by atoms with Crippen molar-refractivity contribution in [3.05, 3.63) is 70.0 Å². The molecule has 5 rings (SSSR count). The van der Waals surface area contributed by atoms with E-state index in [-0.39, 0.29) is 17.8 Å². The van der Waals surface area contributed by atoms with Crippen LogP contribution in [-0.4, -0.2) is 47.5 Å². The van der Waals surface area contributed by atoms with Gasteiger partial charge in [-0.05, 0) is 24.3 Å². The molecule has 1 N–H and O–H groups in total. The van der Waals surface area contributed by atoms with Gasteiger partial charge in [0.1, 0.15) is 0 Å². The molecule has 2 aliphatic rings. The Bertz CT molecular complexity index is 1150. The van der Waals surface area contributed by atoms with Crippen molar-refractivity contribution < 1.29 is 19.1 Å². The fraction of sp³-hybridized carbons (Fsp3) is 0.261. The number of ether oxygens (including phenoxy) is 2. The fourth-order valence-corrected chi connectivity index (χ4v) is 3.57. The second-order valence-corrected chi connectivity index (χ2v) is 7.40. The van der Waals surface area contributed by atoms with E-state index in [2.05, 4.69) is 4.98 Å². The molecule has 0 saturated carbocycles. The SMILES string of the molecule is CN(C=O)CCC(=O)N1Cc2[nH]c3ccccc3c(=O)c2C1.c1ccc2c(c1)OCO2. The second-order valence-electron chi connectivity index (χ2n) is 7.40. The van der Waals surface area contributed by atoms with Crippen LogP contribution >= 0.6 is 0 Å². The van der Waals surface area contributed by atoms with Gasteiger partial charge in [-0.3, -0.25) is 14.4 Å². The van der Waals surface area contributed by atoms with Gasteiger partial charge in [-0.2, -0.15) is 0 Å². The van der Waals surface area contributed by atoms with Gasteiger partial charge in [0, 0.05) is 42.2 Å². The zero-order chi connectivity index (χ0) is 21.8. The summed E-state index contributed by atoms with van der Waals surface area (Å²) >= 11 is 0. The van der Waals surface area contributed by atoms with Crippen LogP contribution in [0.5, 0.6) is 11.5 Å². The molecule has 2 aromatic carbocycles. The number of para-hydroxylation sites is 3. The molecule has 31 heavy (non-hydrogen) atoms. The highest BCUT2D eigenvalue weighted by atomic mass is 16.7. The molecule has 8 nitrogen and oxygen atoms in total. The highest BCUT2D eigenvalue weighted by molar-refractivity contribution is 5.81. The van der Waals surface area contributed by atoms with E-state index < -0.39 is 0 Å². The summed E-state index contributed by atoms with van der Waals surface area (Å²) in [6.07, 6.45) is 0.958. The minimum absolute atomic E-state index is 0.00957. The lowest BCUT2D eigenvalue weighted by Crippen LogP contribution is -2.29. The van der Waals surface area contributed by atoms with Crippen LogP contribution in [0.3, 0.4) is 0 Å². The number of hydrogen-bond acceptors (Lipinski definition) is 5. The maximum absolute atomic E-state index is 12.5. The monoisotopic (exact) mass is 421 g/mol. The Labute approximate surface area is 179 Å². The number of carbonyl (C=O) groups is 2. The smallest absolute Gasteiger partial charge is 0.231 e. The van der Waals surface area contributed by atoms with Gasteiger partial charge in [0.25, 0.3) is 0 Å². The average Bonchev–Trinajstić information content (AvgIpc) is 3.45. The number of rotatable bonds is 4. The van der Waals surface area contributed by atoms with Crippen molar-refractivity contribution in [1.82, 2.24) is 14.8 Å². The fourth-order valence-electron chi connectivity index (χ4n) is 3.57. The minimum atomic E-state index is -0.0539. The summed E-state index contributed by atoms with van der Waals surface area (Å²) in [5, 5.41) is 0.649. The topological polar surface area (TPSA) is 91.9 Å². The Balaban J connectivity index is 0.000000212. The third kappa shape index (κ3) is 4.37. The summed E-state index contributed by atoms with van der Waals surface area (Å²) in [4.78, 5) is 41.6. The van der Waals surface area contributed by atoms with Crippen molar-refractivity contribution >= 4 is 23.2 Å². The lowest BCUT2D eigenvalue weighted by atomic mass is 10.1. The Kier molecular flexibility index (Phi) is 5.88. The number of nitrogens with one attached hydrogen (secondary N) is 1. The molecule has 1 aromatic heterocycles. The van der Waals surface area contributed by atoms with E-state index >= 15 is 0 Å². The molecule has 0 radical (unpaired) electrons. The van der Waals surface area contributed by atoms with Crippen LogP contribution in [0, 0.1) is 0 Å². The van der Waals surface area contributed by atoms with E-state index in [1.807, 2.05) is 42.5 Å². The number of aromatic amines is 1. The van der Waals surface area contributed by atoms with Gasteiger partial charge in [0.05, 0.1) is 13.1 Å². The van der Waals surface area contributed by atoms with Crippen molar-refractivity contribution in [3.8, 4) is 11.5 Å². The summed E-state index contributed by atoms with van der Waals surface area (Å²) in [6.45, 7) is 1.49. The molecule has 160 valence electrons. The third-order valence-electron chi connectivity index (χ3n) is 5.28. The van der Waals surface area contributed by atoms with Gasteiger partial charge in [0.15, 0.2) is 16.9 Å². The van der Waals surface area contributed by atoms with E-state index in [1.165, 1.54) is 4.90 Å². The zero-order valence-electron chi connectivity index (χ0n) is 17.2. The average molecular weight is 421 g/mol. The molecule has 0 fully saturated rings. The Hall–Kier alpha value is -3.81. The van der Waals surface area contributed by atoms with Crippen LogP contribution in [0.15, 0.2) is 53.3 Å². The number of aromatic nitrogens is 1. The summed E-state index contributed by atoms with van der Waals surface area (Å²) in [6, 6.07) is 15.0. The number of H-pyrrole nitrogens is 1. The molecule has 0 spiro atoms.